The smallest absolute Gasteiger partial charge is 0.160 e. The van der Waals surface area contributed by atoms with Crippen molar-refractivity contribution in [2.24, 2.45) is 0 Å². The number of allylic oxidation sites excluding steroid dienone is 2. The van der Waals surface area contributed by atoms with Gasteiger partial charge in [0.25, 0.3) is 0 Å². The maximum atomic E-state index is 11.4. The van der Waals surface area contributed by atoms with Crippen molar-refractivity contribution in [1.82, 2.24) is 0 Å². The van der Waals surface area contributed by atoms with Gasteiger partial charge < -0.3 is 9.84 Å². The Morgan fingerprint density at radius 1 is 1.44 bits per heavy atom. The molecule has 98 valence electrons. The van der Waals surface area contributed by atoms with Gasteiger partial charge in [-0.2, -0.15) is 0 Å². The first-order valence-electron chi connectivity index (χ1n) is 6.22. The lowest BCUT2D eigenvalue weighted by Crippen LogP contribution is -1.92. The molecule has 0 amide bonds. The van der Waals surface area contributed by atoms with E-state index in [4.69, 9.17) is 4.74 Å². The van der Waals surface area contributed by atoms with E-state index in [0.29, 0.717) is 18.6 Å². The average molecular weight is 248 g/mol. The first-order valence-corrected chi connectivity index (χ1v) is 6.22. The van der Waals surface area contributed by atoms with Crippen LogP contribution in [0, 0.1) is 0 Å². The summed E-state index contributed by atoms with van der Waals surface area (Å²) in [5.41, 5.74) is 1.00. The van der Waals surface area contributed by atoms with Crippen LogP contribution in [0.3, 0.4) is 0 Å². The van der Waals surface area contributed by atoms with E-state index in [9.17, 15) is 9.90 Å². The number of unbranched alkanes of at least 4 members (excludes halogenated alkanes) is 1. The van der Waals surface area contributed by atoms with Crippen molar-refractivity contribution in [2.75, 3.05) is 7.11 Å². The molecule has 1 aromatic rings. The summed E-state index contributed by atoms with van der Waals surface area (Å²) < 4.78 is 5.03. The van der Waals surface area contributed by atoms with E-state index in [-0.39, 0.29) is 11.5 Å². The highest BCUT2D eigenvalue weighted by Crippen LogP contribution is 2.26. The van der Waals surface area contributed by atoms with Gasteiger partial charge in [0.1, 0.15) is 0 Å². The van der Waals surface area contributed by atoms with E-state index in [1.165, 1.54) is 7.11 Å². The summed E-state index contributed by atoms with van der Waals surface area (Å²) in [4.78, 5) is 11.4. The fourth-order valence-electron chi connectivity index (χ4n) is 1.61. The highest BCUT2D eigenvalue weighted by molar-refractivity contribution is 5.89. The van der Waals surface area contributed by atoms with Gasteiger partial charge in [0.05, 0.1) is 7.11 Å². The molecule has 0 aromatic heterocycles. The molecule has 0 saturated heterocycles. The van der Waals surface area contributed by atoms with Gasteiger partial charge in [0.2, 0.25) is 0 Å². The van der Waals surface area contributed by atoms with Crippen LogP contribution in [-0.2, 0) is 11.2 Å². The fraction of sp³-hybridized carbons (Fsp3) is 0.400. The monoisotopic (exact) mass is 248 g/mol. The van der Waals surface area contributed by atoms with Crippen molar-refractivity contribution in [3.05, 3.63) is 35.9 Å². The molecule has 0 fully saturated rings. The van der Waals surface area contributed by atoms with Crippen molar-refractivity contribution in [1.29, 1.82) is 0 Å². The Morgan fingerprint density at radius 2 is 2.22 bits per heavy atom. The van der Waals surface area contributed by atoms with Crippen molar-refractivity contribution < 1.29 is 14.6 Å². The number of phenolic OH excluding ortho intramolecular Hbond substituents is 1. The average Bonchev–Trinajstić information content (AvgIpc) is 2.38. The van der Waals surface area contributed by atoms with Gasteiger partial charge in [-0.15, -0.1) is 0 Å². The lowest BCUT2D eigenvalue weighted by Gasteiger charge is -2.04. The number of aromatic hydroxyl groups is 1. The van der Waals surface area contributed by atoms with Crippen LogP contribution >= 0.6 is 0 Å². The van der Waals surface area contributed by atoms with Gasteiger partial charge in [-0.1, -0.05) is 25.5 Å². The molecule has 0 aliphatic rings. The molecule has 0 bridgehead atoms. The number of hydrogen-bond acceptors (Lipinski definition) is 3. The number of carbonyl (C=O) groups excluding carboxylic acids is 1. The summed E-state index contributed by atoms with van der Waals surface area (Å²) >= 11 is 0. The van der Waals surface area contributed by atoms with Crippen LogP contribution in [0.15, 0.2) is 30.4 Å². The van der Waals surface area contributed by atoms with Gasteiger partial charge in [-0.25, -0.2) is 0 Å². The quantitative estimate of drug-likeness (QED) is 0.753. The summed E-state index contributed by atoms with van der Waals surface area (Å²) in [6.07, 6.45) is 6.74. The summed E-state index contributed by atoms with van der Waals surface area (Å²) in [5.74, 6) is 0.755. The molecule has 3 heteroatoms. The topological polar surface area (TPSA) is 46.5 Å². The Morgan fingerprint density at radius 3 is 2.89 bits per heavy atom. The van der Waals surface area contributed by atoms with Crippen LogP contribution < -0.4 is 4.74 Å². The maximum Gasteiger partial charge on any atom is 0.160 e. The number of ether oxygens (including phenoxy) is 1. The summed E-state index contributed by atoms with van der Waals surface area (Å²) in [5, 5.41) is 9.45. The molecule has 0 heterocycles. The predicted octanol–water partition coefficient (Wildman–Crippen LogP) is 3.26. The van der Waals surface area contributed by atoms with Gasteiger partial charge in [0.15, 0.2) is 17.3 Å². The standard InChI is InChI=1S/C15H20O3/c1-3-4-7-13(16)8-5-6-12-9-10-14(17)15(11-12)18-2/h5,8-11,17H,3-4,6-7H2,1-2H3. The van der Waals surface area contributed by atoms with Crippen LogP contribution in [0.1, 0.15) is 31.7 Å². The number of phenols is 1. The molecule has 3 nitrogen and oxygen atoms in total. The van der Waals surface area contributed by atoms with E-state index in [1.54, 1.807) is 18.2 Å². The SMILES string of the molecule is CCCCC(=O)C=CCc1ccc(O)c(OC)c1. The molecule has 1 rings (SSSR count). The number of hydrogen-bond donors (Lipinski definition) is 1. The molecule has 1 N–H and O–H groups in total. The first-order chi connectivity index (χ1) is 8.67. The zero-order valence-corrected chi connectivity index (χ0v) is 11.0. The Balaban J connectivity index is 2.53. The molecule has 0 atom stereocenters. The zero-order valence-electron chi connectivity index (χ0n) is 11.0. The lowest BCUT2D eigenvalue weighted by molar-refractivity contribution is -0.114. The second kappa shape index (κ2) is 7.54. The van der Waals surface area contributed by atoms with E-state index >= 15 is 0 Å². The third-order valence-corrected chi connectivity index (χ3v) is 2.68. The second-order valence-corrected chi connectivity index (χ2v) is 4.18. The third kappa shape index (κ3) is 4.62. The van der Waals surface area contributed by atoms with Crippen molar-refractivity contribution in [3.63, 3.8) is 0 Å². The second-order valence-electron chi connectivity index (χ2n) is 4.18. The van der Waals surface area contributed by atoms with Gasteiger partial charge in [0, 0.05) is 6.42 Å². The van der Waals surface area contributed by atoms with Gasteiger partial charge in [-0.05, 0) is 36.6 Å². The highest BCUT2D eigenvalue weighted by Gasteiger charge is 2.01. The molecule has 0 spiro atoms. The molecule has 0 unspecified atom stereocenters. The zero-order chi connectivity index (χ0) is 13.4. The predicted molar refractivity (Wildman–Crippen MR) is 72.0 cm³/mol. The summed E-state index contributed by atoms with van der Waals surface area (Å²) in [6.45, 7) is 2.07. The van der Waals surface area contributed by atoms with Crippen LogP contribution in [0.2, 0.25) is 0 Å². The van der Waals surface area contributed by atoms with Gasteiger partial charge >= 0.3 is 0 Å². The summed E-state index contributed by atoms with van der Waals surface area (Å²) in [6, 6.07) is 5.19. The van der Waals surface area contributed by atoms with Crippen LogP contribution in [0.4, 0.5) is 0 Å². The molecule has 0 radical (unpaired) electrons. The highest BCUT2D eigenvalue weighted by atomic mass is 16.5. The van der Waals surface area contributed by atoms with E-state index in [0.717, 1.165) is 18.4 Å². The molecule has 0 aliphatic heterocycles. The molecule has 1 aromatic carbocycles. The summed E-state index contributed by atoms with van der Waals surface area (Å²) in [7, 11) is 1.52. The van der Waals surface area contributed by atoms with Gasteiger partial charge in [-0.3, -0.25) is 4.79 Å². The number of methoxy groups -OCH3 is 1. The minimum Gasteiger partial charge on any atom is -0.504 e. The minimum absolute atomic E-state index is 0.129. The maximum absolute atomic E-state index is 11.4. The van der Waals surface area contributed by atoms with E-state index in [2.05, 4.69) is 6.92 Å². The van der Waals surface area contributed by atoms with Crippen molar-refractivity contribution >= 4 is 5.78 Å². The van der Waals surface area contributed by atoms with Crippen molar-refractivity contribution in [2.45, 2.75) is 32.6 Å². The number of rotatable bonds is 7. The molecular formula is C15H20O3. The van der Waals surface area contributed by atoms with E-state index < -0.39 is 0 Å². The fourth-order valence-corrected chi connectivity index (χ4v) is 1.61. The molecular weight excluding hydrogens is 228 g/mol. The number of ketones is 1. The number of benzene rings is 1. The largest absolute Gasteiger partial charge is 0.504 e. The van der Waals surface area contributed by atoms with E-state index in [1.807, 2.05) is 12.1 Å². The molecule has 18 heavy (non-hydrogen) atoms. The van der Waals surface area contributed by atoms with Crippen LogP contribution in [-0.4, -0.2) is 18.0 Å². The Bertz CT molecular complexity index is 422. The minimum atomic E-state index is 0.129. The Kier molecular flexibility index (Phi) is 5.98. The normalized spacial score (nSPS) is 10.8. The molecule has 0 saturated carbocycles. The number of carbonyl (C=O) groups is 1. The first kappa shape index (κ1) is 14.3. The van der Waals surface area contributed by atoms with Crippen LogP contribution in [0.5, 0.6) is 11.5 Å². The van der Waals surface area contributed by atoms with Crippen molar-refractivity contribution in [3.8, 4) is 11.5 Å². The molecule has 0 aliphatic carbocycles. The third-order valence-electron chi connectivity index (χ3n) is 2.68. The Labute approximate surface area is 108 Å². The Hall–Kier alpha value is -1.77. The lowest BCUT2D eigenvalue weighted by atomic mass is 10.1. The van der Waals surface area contributed by atoms with Crippen LogP contribution in [0.25, 0.3) is 0 Å².